The third kappa shape index (κ3) is 4.83. The van der Waals surface area contributed by atoms with Gasteiger partial charge in [0.05, 0.1) is 6.10 Å². The minimum absolute atomic E-state index is 0.0195. The summed E-state index contributed by atoms with van der Waals surface area (Å²) in [7, 11) is 1.51. The first kappa shape index (κ1) is 22.2. The Bertz CT molecular complexity index is 538. The van der Waals surface area contributed by atoms with E-state index in [2.05, 4.69) is 24.5 Å². The summed E-state index contributed by atoms with van der Waals surface area (Å²) in [5.74, 6) is -0.120. The lowest BCUT2D eigenvalue weighted by molar-refractivity contribution is -0.144. The van der Waals surface area contributed by atoms with Crippen LogP contribution in [0, 0.1) is 29.1 Å². The number of hydrogen-bond acceptors (Lipinski definition) is 4. The summed E-state index contributed by atoms with van der Waals surface area (Å²) >= 11 is 0. The Morgan fingerprint density at radius 1 is 1.22 bits per heavy atom. The topological polar surface area (TPSA) is 87.7 Å². The Balaban J connectivity index is 2.14. The summed E-state index contributed by atoms with van der Waals surface area (Å²) in [4.78, 5) is 24.5. The van der Waals surface area contributed by atoms with E-state index in [9.17, 15) is 14.7 Å². The van der Waals surface area contributed by atoms with Gasteiger partial charge in [-0.05, 0) is 62.7 Å². The van der Waals surface area contributed by atoms with Crippen LogP contribution in [0.5, 0.6) is 0 Å². The molecule has 2 aliphatic rings. The Labute approximate surface area is 163 Å². The minimum Gasteiger partial charge on any atom is -0.392 e. The summed E-state index contributed by atoms with van der Waals surface area (Å²) in [6, 6.07) is 0.138. The van der Waals surface area contributed by atoms with Crippen LogP contribution in [0.15, 0.2) is 0 Å². The van der Waals surface area contributed by atoms with Crippen molar-refractivity contribution in [3.8, 4) is 0 Å². The molecule has 0 heterocycles. The monoisotopic (exact) mass is 382 g/mol. The van der Waals surface area contributed by atoms with Gasteiger partial charge in [0, 0.05) is 25.1 Å². The van der Waals surface area contributed by atoms with Gasteiger partial charge < -0.3 is 20.5 Å². The van der Waals surface area contributed by atoms with Crippen LogP contribution in [0.4, 0.5) is 0 Å². The van der Waals surface area contributed by atoms with E-state index in [-0.39, 0.29) is 59.6 Å². The van der Waals surface area contributed by atoms with Crippen molar-refractivity contribution in [1.29, 1.82) is 0 Å². The van der Waals surface area contributed by atoms with Crippen molar-refractivity contribution in [3.05, 3.63) is 0 Å². The number of hydrogen-bond donors (Lipinski definition) is 3. The average molecular weight is 383 g/mol. The van der Waals surface area contributed by atoms with Crippen LogP contribution in [0.2, 0.25) is 0 Å². The van der Waals surface area contributed by atoms with Gasteiger partial charge >= 0.3 is 0 Å². The zero-order valence-corrected chi connectivity index (χ0v) is 17.7. The standard InChI is InChI=1S/C21H38N2O4/c1-12(2)22-20(26)13(3)15-7-9-21(5)10-8-16(23-17(24)11-27-6)14(4)18(21)19(15)25/h12-16,18-19,25H,7-11H2,1-6H3,(H,22,26)(H,23,24)/t13-,14+,15+,16-,18+,19-,21-/m0/s1. The van der Waals surface area contributed by atoms with E-state index in [1.54, 1.807) is 0 Å². The number of carbonyl (C=O) groups is 2. The molecule has 0 aromatic carbocycles. The Morgan fingerprint density at radius 3 is 2.44 bits per heavy atom. The van der Waals surface area contributed by atoms with Gasteiger partial charge in [0.2, 0.25) is 11.8 Å². The Kier molecular flexibility index (Phi) is 7.31. The van der Waals surface area contributed by atoms with E-state index in [1.807, 2.05) is 20.8 Å². The van der Waals surface area contributed by atoms with Gasteiger partial charge in [-0.15, -0.1) is 0 Å². The van der Waals surface area contributed by atoms with Crippen molar-refractivity contribution in [1.82, 2.24) is 10.6 Å². The maximum absolute atomic E-state index is 12.5. The quantitative estimate of drug-likeness (QED) is 0.656. The minimum atomic E-state index is -0.534. The number of carbonyl (C=O) groups excluding carboxylic acids is 2. The van der Waals surface area contributed by atoms with Crippen LogP contribution in [0.25, 0.3) is 0 Å². The van der Waals surface area contributed by atoms with Crippen LogP contribution in [0.3, 0.4) is 0 Å². The van der Waals surface area contributed by atoms with Crippen molar-refractivity contribution < 1.29 is 19.4 Å². The molecule has 0 saturated heterocycles. The molecule has 2 amide bonds. The molecule has 0 aromatic rings. The number of fused-ring (bicyclic) bond motifs is 1. The number of amides is 2. The number of nitrogens with one attached hydrogen (secondary N) is 2. The van der Waals surface area contributed by atoms with Crippen molar-refractivity contribution >= 4 is 11.8 Å². The summed E-state index contributed by atoms with van der Waals surface area (Å²) < 4.78 is 4.93. The van der Waals surface area contributed by atoms with E-state index in [1.165, 1.54) is 7.11 Å². The fourth-order valence-corrected chi connectivity index (χ4v) is 5.49. The van der Waals surface area contributed by atoms with Gasteiger partial charge in [0.25, 0.3) is 0 Å². The van der Waals surface area contributed by atoms with Gasteiger partial charge in [0.15, 0.2) is 0 Å². The molecule has 0 bridgehead atoms. The second kappa shape index (κ2) is 8.91. The molecule has 2 aliphatic carbocycles. The smallest absolute Gasteiger partial charge is 0.246 e. The molecule has 2 rings (SSSR count). The molecule has 156 valence electrons. The Hall–Kier alpha value is -1.14. The molecule has 0 spiro atoms. The lowest BCUT2D eigenvalue weighted by Crippen LogP contribution is -2.59. The first-order chi connectivity index (χ1) is 12.6. The lowest BCUT2D eigenvalue weighted by atomic mass is 9.51. The third-order valence-corrected chi connectivity index (χ3v) is 7.00. The molecule has 27 heavy (non-hydrogen) atoms. The van der Waals surface area contributed by atoms with Crippen molar-refractivity contribution in [3.63, 3.8) is 0 Å². The summed E-state index contributed by atoms with van der Waals surface area (Å²) in [6.07, 6.45) is 3.25. The number of aliphatic hydroxyl groups excluding tert-OH is 1. The molecule has 7 atom stereocenters. The van der Waals surface area contributed by atoms with Gasteiger partial charge in [0.1, 0.15) is 6.61 Å². The van der Waals surface area contributed by atoms with Crippen LogP contribution in [-0.4, -0.2) is 48.8 Å². The second-order valence-electron chi connectivity index (χ2n) is 9.33. The largest absolute Gasteiger partial charge is 0.392 e. The van der Waals surface area contributed by atoms with Gasteiger partial charge in [-0.25, -0.2) is 0 Å². The van der Waals surface area contributed by atoms with Gasteiger partial charge in [-0.1, -0.05) is 20.8 Å². The molecule has 0 radical (unpaired) electrons. The van der Waals surface area contributed by atoms with Crippen molar-refractivity contribution in [2.45, 2.75) is 78.5 Å². The molecule has 2 saturated carbocycles. The molecule has 0 aliphatic heterocycles. The van der Waals surface area contributed by atoms with Crippen molar-refractivity contribution in [2.75, 3.05) is 13.7 Å². The number of aliphatic hydroxyl groups is 1. The maximum atomic E-state index is 12.5. The SMILES string of the molecule is COCC(=O)N[C@H]1CC[C@]2(C)CC[C@H]([C@H](C)C(=O)NC(C)C)[C@H](O)[C@H]2[C@@H]1C. The van der Waals surface area contributed by atoms with Crippen LogP contribution >= 0.6 is 0 Å². The molecule has 2 fully saturated rings. The maximum Gasteiger partial charge on any atom is 0.246 e. The van der Waals surface area contributed by atoms with Crippen molar-refractivity contribution in [2.24, 2.45) is 29.1 Å². The summed E-state index contributed by atoms with van der Waals surface area (Å²) in [5, 5.41) is 17.4. The average Bonchev–Trinajstić information content (AvgIpc) is 2.57. The molecular formula is C21H38N2O4. The Morgan fingerprint density at radius 2 is 1.85 bits per heavy atom. The molecule has 6 nitrogen and oxygen atoms in total. The van der Waals surface area contributed by atoms with E-state index in [0.29, 0.717) is 0 Å². The van der Waals surface area contributed by atoms with E-state index in [0.717, 1.165) is 25.7 Å². The number of rotatable bonds is 6. The highest BCUT2D eigenvalue weighted by Crippen LogP contribution is 2.55. The normalized spacial score (nSPS) is 37.4. The third-order valence-electron chi connectivity index (χ3n) is 7.00. The highest BCUT2D eigenvalue weighted by molar-refractivity contribution is 5.79. The van der Waals surface area contributed by atoms with Gasteiger partial charge in [-0.3, -0.25) is 9.59 Å². The first-order valence-corrected chi connectivity index (χ1v) is 10.4. The van der Waals surface area contributed by atoms with Crippen LogP contribution < -0.4 is 10.6 Å². The number of ether oxygens (including phenoxy) is 1. The fraction of sp³-hybridized carbons (Fsp3) is 0.905. The predicted molar refractivity (Wildman–Crippen MR) is 105 cm³/mol. The molecule has 6 heteroatoms. The molecule has 0 aromatic heterocycles. The first-order valence-electron chi connectivity index (χ1n) is 10.4. The van der Waals surface area contributed by atoms with E-state index < -0.39 is 6.10 Å². The summed E-state index contributed by atoms with van der Waals surface area (Å²) in [6.45, 7) is 10.3. The zero-order valence-electron chi connectivity index (χ0n) is 17.7. The summed E-state index contributed by atoms with van der Waals surface area (Å²) in [5.41, 5.74) is 0.0616. The zero-order chi connectivity index (χ0) is 20.4. The van der Waals surface area contributed by atoms with Gasteiger partial charge in [-0.2, -0.15) is 0 Å². The second-order valence-corrected chi connectivity index (χ2v) is 9.33. The lowest BCUT2D eigenvalue weighted by Gasteiger charge is -2.56. The molecule has 0 unspecified atom stereocenters. The van der Waals surface area contributed by atoms with Crippen LogP contribution in [-0.2, 0) is 14.3 Å². The highest BCUT2D eigenvalue weighted by atomic mass is 16.5. The predicted octanol–water partition coefficient (Wildman–Crippen LogP) is 2.10. The molecular weight excluding hydrogens is 344 g/mol. The fourth-order valence-electron chi connectivity index (χ4n) is 5.49. The molecule has 3 N–H and O–H groups in total. The van der Waals surface area contributed by atoms with E-state index >= 15 is 0 Å². The van der Waals surface area contributed by atoms with Crippen LogP contribution in [0.1, 0.15) is 60.3 Å². The highest BCUT2D eigenvalue weighted by Gasteiger charge is 2.53. The number of methoxy groups -OCH3 is 1. The van der Waals surface area contributed by atoms with E-state index in [4.69, 9.17) is 4.74 Å².